The molecule has 1 saturated heterocycles. The zero-order chi connectivity index (χ0) is 16.8. The smallest absolute Gasteiger partial charge is 0.328 e. The summed E-state index contributed by atoms with van der Waals surface area (Å²) in [6.07, 6.45) is 0.00731. The number of nitrogens with zero attached hydrogens (tertiary/aromatic N) is 1. The number of benzene rings is 1. The Hall–Kier alpha value is -2.41. The first-order valence-corrected chi connectivity index (χ1v) is 7.41. The summed E-state index contributed by atoms with van der Waals surface area (Å²) in [5, 5.41) is 12.0. The number of amides is 2. The number of hydrogen-bond acceptors (Lipinski definition) is 4. The van der Waals surface area contributed by atoms with Crippen molar-refractivity contribution >= 4 is 17.8 Å². The molecule has 23 heavy (non-hydrogen) atoms. The summed E-state index contributed by atoms with van der Waals surface area (Å²) in [6, 6.07) is 7.67. The standard InChI is InChI=1S/C16H20N2O5/c1-11(19)17-13(12-5-3-2-4-6-12)9-15(20)18-7-8-23-10-14(18)16(21)22/h2-6,13-14H,7-10H2,1H3,(H,17,19)(H,21,22)/t13-,14+/m1/s1. The Balaban J connectivity index is 2.13. The van der Waals surface area contributed by atoms with E-state index >= 15 is 0 Å². The minimum absolute atomic E-state index is 0.00731. The minimum atomic E-state index is -1.09. The van der Waals surface area contributed by atoms with Crippen molar-refractivity contribution in [2.24, 2.45) is 0 Å². The van der Waals surface area contributed by atoms with Gasteiger partial charge >= 0.3 is 5.97 Å². The summed E-state index contributed by atoms with van der Waals surface area (Å²) in [4.78, 5) is 36.5. The van der Waals surface area contributed by atoms with Gasteiger partial charge in [0.05, 0.1) is 25.7 Å². The molecular weight excluding hydrogens is 300 g/mol. The average molecular weight is 320 g/mol. The van der Waals surface area contributed by atoms with Gasteiger partial charge in [0.1, 0.15) is 0 Å². The first kappa shape index (κ1) is 17.0. The Morgan fingerprint density at radius 3 is 2.65 bits per heavy atom. The maximum absolute atomic E-state index is 12.5. The lowest BCUT2D eigenvalue weighted by Crippen LogP contribution is -2.53. The van der Waals surface area contributed by atoms with Gasteiger partial charge in [-0.25, -0.2) is 4.79 Å². The fraction of sp³-hybridized carbons (Fsp3) is 0.438. The Kier molecular flexibility index (Phi) is 5.70. The highest BCUT2D eigenvalue weighted by Gasteiger charge is 2.33. The number of aliphatic carboxylic acids is 1. The Morgan fingerprint density at radius 1 is 1.35 bits per heavy atom. The van der Waals surface area contributed by atoms with E-state index in [-0.39, 0.29) is 31.4 Å². The lowest BCUT2D eigenvalue weighted by Gasteiger charge is -2.34. The highest BCUT2D eigenvalue weighted by Crippen LogP contribution is 2.19. The first-order valence-electron chi connectivity index (χ1n) is 7.41. The molecule has 7 nitrogen and oxygen atoms in total. The van der Waals surface area contributed by atoms with E-state index in [1.165, 1.54) is 11.8 Å². The average Bonchev–Trinajstić information content (AvgIpc) is 2.54. The predicted octanol–water partition coefficient (Wildman–Crippen LogP) is 0.566. The van der Waals surface area contributed by atoms with Crippen LogP contribution in [0.2, 0.25) is 0 Å². The molecule has 7 heteroatoms. The summed E-state index contributed by atoms with van der Waals surface area (Å²) >= 11 is 0. The van der Waals surface area contributed by atoms with Gasteiger partial charge in [-0.3, -0.25) is 9.59 Å². The zero-order valence-electron chi connectivity index (χ0n) is 12.9. The van der Waals surface area contributed by atoms with E-state index in [0.717, 1.165) is 5.56 Å². The molecule has 1 aliphatic heterocycles. The topological polar surface area (TPSA) is 95.9 Å². The second kappa shape index (κ2) is 7.73. The van der Waals surface area contributed by atoms with Crippen LogP contribution in [0, 0.1) is 0 Å². The summed E-state index contributed by atoms with van der Waals surface area (Å²) in [5.74, 6) is -1.65. The molecule has 1 aromatic carbocycles. The van der Waals surface area contributed by atoms with Gasteiger partial charge < -0.3 is 20.1 Å². The lowest BCUT2D eigenvalue weighted by molar-refractivity contribution is -0.158. The first-order chi connectivity index (χ1) is 11.0. The molecule has 0 unspecified atom stereocenters. The Morgan fingerprint density at radius 2 is 2.04 bits per heavy atom. The molecule has 2 N–H and O–H groups in total. The van der Waals surface area contributed by atoms with Crippen LogP contribution in [0.4, 0.5) is 0 Å². The monoisotopic (exact) mass is 320 g/mol. The Labute approximate surface area is 134 Å². The lowest BCUT2D eigenvalue weighted by atomic mass is 10.0. The SMILES string of the molecule is CC(=O)N[C@H](CC(=O)N1CCOC[C@H]1C(=O)O)c1ccccc1. The van der Waals surface area contributed by atoms with Crippen LogP contribution in [0.1, 0.15) is 24.9 Å². The van der Waals surface area contributed by atoms with Gasteiger partial charge in [0.25, 0.3) is 0 Å². The quantitative estimate of drug-likeness (QED) is 0.827. The van der Waals surface area contributed by atoms with E-state index in [2.05, 4.69) is 5.32 Å². The molecule has 1 fully saturated rings. The molecule has 124 valence electrons. The molecule has 2 rings (SSSR count). The van der Waals surface area contributed by atoms with E-state index in [9.17, 15) is 19.5 Å². The van der Waals surface area contributed by atoms with Crippen molar-refractivity contribution in [1.29, 1.82) is 0 Å². The van der Waals surface area contributed by atoms with Gasteiger partial charge in [-0.15, -0.1) is 0 Å². The van der Waals surface area contributed by atoms with Crippen LogP contribution >= 0.6 is 0 Å². The third-order valence-electron chi connectivity index (χ3n) is 3.69. The van der Waals surface area contributed by atoms with E-state index < -0.39 is 18.1 Å². The maximum Gasteiger partial charge on any atom is 0.328 e. The van der Waals surface area contributed by atoms with Crippen LogP contribution in [-0.4, -0.2) is 53.6 Å². The van der Waals surface area contributed by atoms with Gasteiger partial charge in [-0.05, 0) is 5.56 Å². The third kappa shape index (κ3) is 4.53. The minimum Gasteiger partial charge on any atom is -0.480 e. The molecule has 2 atom stereocenters. The molecule has 0 aliphatic carbocycles. The second-order valence-corrected chi connectivity index (χ2v) is 5.38. The van der Waals surface area contributed by atoms with Crippen molar-refractivity contribution in [2.75, 3.05) is 19.8 Å². The molecule has 0 radical (unpaired) electrons. The van der Waals surface area contributed by atoms with Gasteiger partial charge in [0.15, 0.2) is 6.04 Å². The van der Waals surface area contributed by atoms with Gasteiger partial charge in [0.2, 0.25) is 11.8 Å². The molecule has 0 aromatic heterocycles. The van der Waals surface area contributed by atoms with Crippen molar-refractivity contribution < 1.29 is 24.2 Å². The molecule has 1 heterocycles. The third-order valence-corrected chi connectivity index (χ3v) is 3.69. The summed E-state index contributed by atoms with van der Waals surface area (Å²) < 4.78 is 5.13. The van der Waals surface area contributed by atoms with Gasteiger partial charge in [0, 0.05) is 13.5 Å². The van der Waals surface area contributed by atoms with E-state index in [4.69, 9.17) is 4.74 Å². The van der Waals surface area contributed by atoms with E-state index in [1.54, 1.807) is 0 Å². The number of carboxylic acid groups (broad SMARTS) is 1. The van der Waals surface area contributed by atoms with Gasteiger partial charge in [-0.2, -0.15) is 0 Å². The Bertz CT molecular complexity index is 575. The maximum atomic E-state index is 12.5. The van der Waals surface area contributed by atoms with Crippen molar-refractivity contribution in [2.45, 2.75) is 25.4 Å². The highest BCUT2D eigenvalue weighted by molar-refractivity contribution is 5.85. The van der Waals surface area contributed by atoms with E-state index in [1.807, 2.05) is 30.3 Å². The van der Waals surface area contributed by atoms with E-state index in [0.29, 0.717) is 6.61 Å². The van der Waals surface area contributed by atoms with Crippen LogP contribution in [0.3, 0.4) is 0 Å². The van der Waals surface area contributed by atoms with Crippen LogP contribution in [0.5, 0.6) is 0 Å². The molecule has 2 amide bonds. The van der Waals surface area contributed by atoms with Crippen LogP contribution < -0.4 is 5.32 Å². The van der Waals surface area contributed by atoms with Crippen LogP contribution in [0.15, 0.2) is 30.3 Å². The number of rotatable bonds is 5. The largest absolute Gasteiger partial charge is 0.480 e. The van der Waals surface area contributed by atoms with Crippen LogP contribution in [0.25, 0.3) is 0 Å². The number of carbonyl (C=O) groups is 3. The predicted molar refractivity (Wildman–Crippen MR) is 81.6 cm³/mol. The molecule has 0 saturated carbocycles. The molecule has 1 aromatic rings. The van der Waals surface area contributed by atoms with Crippen molar-refractivity contribution in [3.05, 3.63) is 35.9 Å². The fourth-order valence-electron chi connectivity index (χ4n) is 2.58. The number of morpholine rings is 1. The van der Waals surface area contributed by atoms with Gasteiger partial charge in [-0.1, -0.05) is 30.3 Å². The molecule has 0 bridgehead atoms. The normalized spacial score (nSPS) is 19.0. The summed E-state index contributed by atoms with van der Waals surface area (Å²) in [7, 11) is 0. The summed E-state index contributed by atoms with van der Waals surface area (Å²) in [6.45, 7) is 1.91. The zero-order valence-corrected chi connectivity index (χ0v) is 12.9. The molecular formula is C16H20N2O5. The number of hydrogen-bond donors (Lipinski definition) is 2. The molecule has 0 spiro atoms. The van der Waals surface area contributed by atoms with Crippen LogP contribution in [-0.2, 0) is 19.1 Å². The van der Waals surface area contributed by atoms with Crippen molar-refractivity contribution in [3.63, 3.8) is 0 Å². The highest BCUT2D eigenvalue weighted by atomic mass is 16.5. The number of nitrogens with one attached hydrogen (secondary N) is 1. The summed E-state index contributed by atoms with van der Waals surface area (Å²) in [5.41, 5.74) is 0.802. The fourth-order valence-corrected chi connectivity index (χ4v) is 2.58. The van der Waals surface area contributed by atoms with Crippen molar-refractivity contribution in [1.82, 2.24) is 10.2 Å². The second-order valence-electron chi connectivity index (χ2n) is 5.38. The molecule has 1 aliphatic rings. The van der Waals surface area contributed by atoms with Crippen molar-refractivity contribution in [3.8, 4) is 0 Å². The number of carbonyl (C=O) groups excluding carboxylic acids is 2. The number of ether oxygens (including phenoxy) is 1. The number of carboxylic acids is 1.